The number of aromatic nitrogens is 2. The highest BCUT2D eigenvalue weighted by atomic mass is 16.2. The maximum Gasteiger partial charge on any atom is 0.330 e. The molecule has 0 bridgehead atoms. The van der Waals surface area contributed by atoms with Gasteiger partial charge in [0.15, 0.2) is 5.69 Å². The Morgan fingerprint density at radius 2 is 1.81 bits per heavy atom. The quantitative estimate of drug-likeness (QED) is 0.399. The summed E-state index contributed by atoms with van der Waals surface area (Å²) < 4.78 is 1.32. The Bertz CT molecular complexity index is 1160. The van der Waals surface area contributed by atoms with E-state index in [0.717, 1.165) is 51.4 Å². The van der Waals surface area contributed by atoms with Crippen LogP contribution in [0.2, 0.25) is 0 Å². The molecule has 1 saturated carbocycles. The summed E-state index contributed by atoms with van der Waals surface area (Å²) in [5.41, 5.74) is 5.92. The van der Waals surface area contributed by atoms with Gasteiger partial charge in [-0.05, 0) is 43.9 Å². The number of aromatic amines is 1. The zero-order chi connectivity index (χ0) is 26.1. The molecule has 1 aliphatic rings. The zero-order valence-corrected chi connectivity index (χ0v) is 21.5. The van der Waals surface area contributed by atoms with Crippen LogP contribution in [-0.4, -0.2) is 27.9 Å². The van der Waals surface area contributed by atoms with Gasteiger partial charge in [-0.25, -0.2) is 4.79 Å². The number of nitrogens with two attached hydrogens (primary N) is 1. The number of carbonyl (C=O) groups is 2. The number of unbranched alkanes of at least 4 members (excludes halogenated alkanes) is 3. The minimum Gasteiger partial charge on any atom is -0.383 e. The molecule has 3 rings (SSSR count). The minimum atomic E-state index is -0.683. The summed E-state index contributed by atoms with van der Waals surface area (Å²) in [6.07, 6.45) is 9.07. The van der Waals surface area contributed by atoms with Crippen molar-refractivity contribution >= 4 is 29.0 Å². The van der Waals surface area contributed by atoms with Crippen LogP contribution in [0.25, 0.3) is 0 Å². The Kier molecular flexibility index (Phi) is 9.90. The van der Waals surface area contributed by atoms with Gasteiger partial charge in [0.1, 0.15) is 5.82 Å². The molecule has 36 heavy (non-hydrogen) atoms. The summed E-state index contributed by atoms with van der Waals surface area (Å²) in [5, 5.41) is 2.95. The van der Waals surface area contributed by atoms with Gasteiger partial charge in [-0.3, -0.25) is 23.9 Å². The molecule has 4 N–H and O–H groups in total. The Labute approximate surface area is 212 Å². The standard InChI is InChI=1S/C27H39N5O4/c1-3-5-10-17-31(22-23(28)32(16-6-4-2)27(36)30-25(22)34)26(35)20-14-11-15-21(18-20)29-24(33)19-12-8-7-9-13-19/h11,14-15,18-19H,3-10,12-13,16-17,28H2,1-2H3,(H,29,33)(H,30,34,36). The molecule has 1 heterocycles. The van der Waals surface area contributed by atoms with E-state index in [9.17, 15) is 19.2 Å². The number of nitrogens with zero attached hydrogens (tertiary/aromatic N) is 2. The van der Waals surface area contributed by atoms with Gasteiger partial charge < -0.3 is 16.0 Å². The number of H-pyrrole nitrogens is 1. The van der Waals surface area contributed by atoms with E-state index in [1.807, 2.05) is 6.92 Å². The highest BCUT2D eigenvalue weighted by Crippen LogP contribution is 2.26. The fourth-order valence-corrected chi connectivity index (χ4v) is 4.71. The monoisotopic (exact) mass is 497 g/mol. The lowest BCUT2D eigenvalue weighted by Crippen LogP contribution is -2.41. The highest BCUT2D eigenvalue weighted by Gasteiger charge is 2.26. The van der Waals surface area contributed by atoms with Gasteiger partial charge in [-0.1, -0.05) is 58.4 Å². The number of hydrogen-bond acceptors (Lipinski definition) is 5. The molecule has 1 aromatic heterocycles. The number of nitrogen functional groups attached to an aromatic ring is 1. The van der Waals surface area contributed by atoms with E-state index in [4.69, 9.17) is 5.73 Å². The molecule has 9 nitrogen and oxygen atoms in total. The van der Waals surface area contributed by atoms with Crippen LogP contribution in [-0.2, 0) is 11.3 Å². The molecule has 2 aromatic rings. The third-order valence-corrected chi connectivity index (χ3v) is 6.80. The van der Waals surface area contributed by atoms with Crippen molar-refractivity contribution in [3.05, 3.63) is 50.7 Å². The zero-order valence-electron chi connectivity index (χ0n) is 21.5. The summed E-state index contributed by atoms with van der Waals surface area (Å²) >= 11 is 0. The molecule has 2 amide bonds. The van der Waals surface area contributed by atoms with E-state index < -0.39 is 17.2 Å². The molecule has 0 spiro atoms. The van der Waals surface area contributed by atoms with Crippen molar-refractivity contribution in [2.45, 2.75) is 84.6 Å². The predicted octanol–water partition coefficient (Wildman–Crippen LogP) is 4.27. The maximum atomic E-state index is 13.7. The van der Waals surface area contributed by atoms with Crippen molar-refractivity contribution in [1.29, 1.82) is 0 Å². The lowest BCUT2D eigenvalue weighted by atomic mass is 9.88. The summed E-state index contributed by atoms with van der Waals surface area (Å²) in [7, 11) is 0. The first-order valence-electron chi connectivity index (χ1n) is 13.2. The molecule has 1 aromatic carbocycles. The fraction of sp³-hybridized carbons (Fsp3) is 0.556. The number of rotatable bonds is 11. The van der Waals surface area contributed by atoms with Crippen LogP contribution < -0.4 is 27.2 Å². The molecule has 0 atom stereocenters. The predicted molar refractivity (Wildman–Crippen MR) is 143 cm³/mol. The fourth-order valence-electron chi connectivity index (χ4n) is 4.71. The van der Waals surface area contributed by atoms with E-state index in [1.165, 1.54) is 9.47 Å². The summed E-state index contributed by atoms with van der Waals surface area (Å²) in [6.45, 7) is 4.68. The van der Waals surface area contributed by atoms with E-state index in [0.29, 0.717) is 30.6 Å². The molecule has 0 saturated heterocycles. The summed E-state index contributed by atoms with van der Waals surface area (Å²) in [6, 6.07) is 6.75. The van der Waals surface area contributed by atoms with Gasteiger partial charge in [-0.2, -0.15) is 0 Å². The second kappa shape index (κ2) is 13.1. The number of hydrogen-bond donors (Lipinski definition) is 3. The Balaban J connectivity index is 1.93. The molecular formula is C27H39N5O4. The molecule has 1 aliphatic carbocycles. The number of anilines is 3. The first-order chi connectivity index (χ1) is 17.4. The molecule has 196 valence electrons. The van der Waals surface area contributed by atoms with Crippen LogP contribution in [0.1, 0.15) is 88.4 Å². The second-order valence-electron chi connectivity index (χ2n) is 9.57. The van der Waals surface area contributed by atoms with E-state index in [2.05, 4.69) is 17.2 Å². The lowest BCUT2D eigenvalue weighted by Gasteiger charge is -2.25. The third kappa shape index (κ3) is 6.65. The van der Waals surface area contributed by atoms with Crippen LogP contribution in [0.15, 0.2) is 33.9 Å². The molecule has 9 heteroatoms. The average molecular weight is 498 g/mol. The average Bonchev–Trinajstić information content (AvgIpc) is 2.88. The Hall–Kier alpha value is -3.36. The molecule has 1 fully saturated rings. The third-order valence-electron chi connectivity index (χ3n) is 6.80. The summed E-state index contributed by atoms with van der Waals surface area (Å²) in [5.74, 6) is -0.449. The number of amides is 2. The Morgan fingerprint density at radius 3 is 2.50 bits per heavy atom. The molecular weight excluding hydrogens is 458 g/mol. The van der Waals surface area contributed by atoms with Gasteiger partial charge in [0.05, 0.1) is 0 Å². The van der Waals surface area contributed by atoms with Gasteiger partial charge in [0.2, 0.25) is 5.91 Å². The topological polar surface area (TPSA) is 130 Å². The summed E-state index contributed by atoms with van der Waals surface area (Å²) in [4.78, 5) is 55.4. The van der Waals surface area contributed by atoms with E-state index >= 15 is 0 Å². The van der Waals surface area contributed by atoms with Crippen molar-refractivity contribution in [1.82, 2.24) is 9.55 Å². The SMILES string of the molecule is CCCCCN(C(=O)c1cccc(NC(=O)C2CCCCC2)c1)c1c(N)n(CCCC)c(=O)[nH]c1=O. The normalized spacial score (nSPS) is 13.9. The van der Waals surface area contributed by atoms with Crippen LogP contribution in [0.4, 0.5) is 17.2 Å². The molecule has 0 radical (unpaired) electrons. The number of carbonyl (C=O) groups excluding carboxylic acids is 2. The van der Waals surface area contributed by atoms with Gasteiger partial charge in [0, 0.05) is 30.3 Å². The van der Waals surface area contributed by atoms with Crippen LogP contribution in [0.5, 0.6) is 0 Å². The molecule has 0 aliphatic heterocycles. The van der Waals surface area contributed by atoms with Gasteiger partial charge in [-0.15, -0.1) is 0 Å². The first-order valence-corrected chi connectivity index (χ1v) is 13.2. The highest BCUT2D eigenvalue weighted by molar-refractivity contribution is 6.08. The van der Waals surface area contributed by atoms with Crippen molar-refractivity contribution in [3.8, 4) is 0 Å². The van der Waals surface area contributed by atoms with Crippen molar-refractivity contribution < 1.29 is 9.59 Å². The van der Waals surface area contributed by atoms with Crippen LogP contribution >= 0.6 is 0 Å². The number of nitrogens with one attached hydrogen (secondary N) is 2. The van der Waals surface area contributed by atoms with E-state index in [-0.39, 0.29) is 29.9 Å². The smallest absolute Gasteiger partial charge is 0.330 e. The molecule has 0 unspecified atom stereocenters. The van der Waals surface area contributed by atoms with Crippen LogP contribution in [0, 0.1) is 5.92 Å². The van der Waals surface area contributed by atoms with Crippen molar-refractivity contribution in [3.63, 3.8) is 0 Å². The lowest BCUT2D eigenvalue weighted by molar-refractivity contribution is -0.120. The minimum absolute atomic E-state index is 0.00817. The van der Waals surface area contributed by atoms with Crippen molar-refractivity contribution in [2.24, 2.45) is 5.92 Å². The van der Waals surface area contributed by atoms with Gasteiger partial charge >= 0.3 is 5.69 Å². The first kappa shape index (κ1) is 27.2. The second-order valence-corrected chi connectivity index (χ2v) is 9.57. The largest absolute Gasteiger partial charge is 0.383 e. The number of benzene rings is 1. The van der Waals surface area contributed by atoms with E-state index in [1.54, 1.807) is 24.3 Å². The maximum absolute atomic E-state index is 13.7. The Morgan fingerprint density at radius 1 is 1.08 bits per heavy atom. The van der Waals surface area contributed by atoms with Crippen molar-refractivity contribution in [2.75, 3.05) is 22.5 Å². The van der Waals surface area contributed by atoms with Gasteiger partial charge in [0.25, 0.3) is 11.5 Å². The van der Waals surface area contributed by atoms with Crippen LogP contribution in [0.3, 0.4) is 0 Å².